The van der Waals surface area contributed by atoms with Gasteiger partial charge < -0.3 is 4.74 Å². The fourth-order valence-corrected chi connectivity index (χ4v) is 3.70. The maximum Gasteiger partial charge on any atom is 0.250 e. The van der Waals surface area contributed by atoms with Crippen LogP contribution in [0.4, 0.5) is 8.78 Å². The molecule has 2 aliphatic heterocycles. The lowest BCUT2D eigenvalue weighted by Gasteiger charge is -2.47. The Labute approximate surface area is 136 Å². The van der Waals surface area contributed by atoms with Crippen molar-refractivity contribution in [2.24, 2.45) is 0 Å². The molecule has 1 aliphatic carbocycles. The third-order valence-electron chi connectivity index (χ3n) is 5.08. The zero-order chi connectivity index (χ0) is 16.6. The summed E-state index contributed by atoms with van der Waals surface area (Å²) in [5.74, 6) is -2.09. The molecule has 1 aromatic heterocycles. The van der Waals surface area contributed by atoms with Gasteiger partial charge in [-0.25, -0.2) is 8.78 Å². The molecule has 3 fully saturated rings. The van der Waals surface area contributed by atoms with E-state index in [1.54, 1.807) is 0 Å². The molecule has 3 aliphatic rings. The van der Waals surface area contributed by atoms with E-state index in [4.69, 9.17) is 4.74 Å². The SMILES string of the molecule is CC.Cc1cc(C2CN(C3COC3)C2)n(C2CCC(F)(F)C2)n1. The summed E-state index contributed by atoms with van der Waals surface area (Å²) in [7, 11) is 0. The molecule has 1 aromatic rings. The third kappa shape index (κ3) is 3.29. The molecule has 1 atom stereocenters. The number of aryl methyl sites for hydroxylation is 1. The second-order valence-electron chi connectivity index (χ2n) is 6.75. The Balaban J connectivity index is 0.000000753. The minimum atomic E-state index is -2.52. The lowest BCUT2D eigenvalue weighted by molar-refractivity contribution is -0.0914. The number of aromatic nitrogens is 2. The van der Waals surface area contributed by atoms with Crippen molar-refractivity contribution in [1.82, 2.24) is 14.7 Å². The Bertz CT molecular complexity index is 536. The smallest absolute Gasteiger partial charge is 0.250 e. The molecule has 4 nitrogen and oxygen atoms in total. The van der Waals surface area contributed by atoms with Crippen molar-refractivity contribution < 1.29 is 13.5 Å². The predicted molar refractivity (Wildman–Crippen MR) is 85.1 cm³/mol. The second kappa shape index (κ2) is 6.48. The molecule has 0 N–H and O–H groups in total. The lowest BCUT2D eigenvalue weighted by Crippen LogP contribution is -2.58. The van der Waals surface area contributed by atoms with Crippen molar-refractivity contribution in [1.29, 1.82) is 0 Å². The van der Waals surface area contributed by atoms with Crippen molar-refractivity contribution in [3.63, 3.8) is 0 Å². The van der Waals surface area contributed by atoms with Gasteiger partial charge in [-0.3, -0.25) is 9.58 Å². The maximum absolute atomic E-state index is 13.5. The highest BCUT2D eigenvalue weighted by atomic mass is 19.3. The minimum Gasteiger partial charge on any atom is -0.378 e. The first-order chi connectivity index (χ1) is 11.0. The van der Waals surface area contributed by atoms with Gasteiger partial charge in [-0.2, -0.15) is 5.10 Å². The van der Waals surface area contributed by atoms with Gasteiger partial charge in [0.15, 0.2) is 0 Å². The highest BCUT2D eigenvalue weighted by Crippen LogP contribution is 2.43. The van der Waals surface area contributed by atoms with Crippen LogP contribution in [0.5, 0.6) is 0 Å². The van der Waals surface area contributed by atoms with Crippen molar-refractivity contribution >= 4 is 0 Å². The highest BCUT2D eigenvalue weighted by molar-refractivity contribution is 5.19. The van der Waals surface area contributed by atoms with Gasteiger partial charge in [-0.15, -0.1) is 0 Å². The van der Waals surface area contributed by atoms with E-state index >= 15 is 0 Å². The second-order valence-corrected chi connectivity index (χ2v) is 6.75. The number of ether oxygens (including phenoxy) is 1. The topological polar surface area (TPSA) is 30.3 Å². The Morgan fingerprint density at radius 2 is 1.91 bits per heavy atom. The van der Waals surface area contributed by atoms with Crippen LogP contribution in [0.25, 0.3) is 0 Å². The van der Waals surface area contributed by atoms with Gasteiger partial charge in [0.05, 0.1) is 31.0 Å². The molecule has 2 saturated heterocycles. The van der Waals surface area contributed by atoms with Crippen LogP contribution in [0.1, 0.15) is 56.5 Å². The first kappa shape index (κ1) is 16.8. The monoisotopic (exact) mass is 327 g/mol. The van der Waals surface area contributed by atoms with E-state index in [-0.39, 0.29) is 18.9 Å². The number of rotatable bonds is 3. The van der Waals surface area contributed by atoms with Gasteiger partial charge in [0.1, 0.15) is 0 Å². The van der Waals surface area contributed by atoms with E-state index in [0.717, 1.165) is 37.7 Å². The summed E-state index contributed by atoms with van der Waals surface area (Å²) in [6.45, 7) is 9.62. The maximum atomic E-state index is 13.5. The van der Waals surface area contributed by atoms with Crippen molar-refractivity contribution in [2.45, 2.75) is 64.0 Å². The summed E-state index contributed by atoms with van der Waals surface area (Å²) in [6.07, 6.45) is 0.467. The van der Waals surface area contributed by atoms with E-state index in [1.165, 1.54) is 0 Å². The Morgan fingerprint density at radius 1 is 1.22 bits per heavy atom. The zero-order valence-electron chi connectivity index (χ0n) is 14.3. The lowest BCUT2D eigenvalue weighted by atomic mass is 9.93. The Morgan fingerprint density at radius 3 is 2.43 bits per heavy atom. The minimum absolute atomic E-state index is 0.00772. The largest absolute Gasteiger partial charge is 0.378 e. The van der Waals surface area contributed by atoms with E-state index in [0.29, 0.717) is 18.4 Å². The molecular formula is C17H27F2N3O. The average molecular weight is 327 g/mol. The summed E-state index contributed by atoms with van der Waals surface area (Å²) in [6, 6.07) is 2.51. The van der Waals surface area contributed by atoms with Gasteiger partial charge in [0.2, 0.25) is 5.92 Å². The molecule has 3 heterocycles. The number of hydrogen-bond donors (Lipinski definition) is 0. The fraction of sp³-hybridized carbons (Fsp3) is 0.824. The number of alkyl halides is 2. The summed E-state index contributed by atoms with van der Waals surface area (Å²) in [4.78, 5) is 2.42. The summed E-state index contributed by atoms with van der Waals surface area (Å²) >= 11 is 0. The standard InChI is InChI=1S/C15H21F2N3O.C2H6/c1-10-4-14(11-6-19(7-11)13-8-21-9-13)20(18-10)12-2-3-15(16,17)5-12;1-2/h4,11-13H,2-3,5-9H2,1H3;1-2H3. The summed E-state index contributed by atoms with van der Waals surface area (Å²) in [5.41, 5.74) is 2.08. The molecule has 1 unspecified atom stereocenters. The van der Waals surface area contributed by atoms with Gasteiger partial charge in [-0.1, -0.05) is 13.8 Å². The van der Waals surface area contributed by atoms with E-state index in [9.17, 15) is 8.78 Å². The molecule has 4 rings (SSSR count). The Kier molecular flexibility index (Phi) is 4.74. The third-order valence-corrected chi connectivity index (χ3v) is 5.08. The van der Waals surface area contributed by atoms with Gasteiger partial charge >= 0.3 is 0 Å². The Hall–Kier alpha value is -1.01. The predicted octanol–water partition coefficient (Wildman–Crippen LogP) is 3.38. The van der Waals surface area contributed by atoms with Crippen LogP contribution in [0, 0.1) is 6.92 Å². The van der Waals surface area contributed by atoms with Crippen LogP contribution in [-0.2, 0) is 4.74 Å². The molecule has 0 aromatic carbocycles. The highest BCUT2D eigenvalue weighted by Gasteiger charge is 2.43. The molecular weight excluding hydrogens is 300 g/mol. The molecule has 0 amide bonds. The van der Waals surface area contributed by atoms with Gasteiger partial charge in [0.25, 0.3) is 0 Å². The molecule has 1 saturated carbocycles. The fourth-order valence-electron chi connectivity index (χ4n) is 3.70. The molecule has 23 heavy (non-hydrogen) atoms. The average Bonchev–Trinajstić information content (AvgIpc) is 2.96. The van der Waals surface area contributed by atoms with Crippen LogP contribution in [0.2, 0.25) is 0 Å². The van der Waals surface area contributed by atoms with Gasteiger partial charge in [-0.05, 0) is 19.4 Å². The van der Waals surface area contributed by atoms with Crippen LogP contribution in [-0.4, -0.2) is 52.9 Å². The van der Waals surface area contributed by atoms with Crippen LogP contribution in [0.3, 0.4) is 0 Å². The molecule has 130 valence electrons. The number of nitrogens with zero attached hydrogens (tertiary/aromatic N) is 3. The number of hydrogen-bond acceptors (Lipinski definition) is 3. The van der Waals surface area contributed by atoms with E-state index in [1.807, 2.05) is 25.5 Å². The van der Waals surface area contributed by atoms with Gasteiger partial charge in [0, 0.05) is 37.5 Å². The number of likely N-dealkylation sites (tertiary alicyclic amines) is 1. The van der Waals surface area contributed by atoms with E-state index in [2.05, 4.69) is 16.1 Å². The van der Waals surface area contributed by atoms with Crippen molar-refractivity contribution in [3.8, 4) is 0 Å². The molecule has 0 radical (unpaired) electrons. The van der Waals surface area contributed by atoms with Crippen LogP contribution in [0.15, 0.2) is 6.07 Å². The normalized spacial score (nSPS) is 28.0. The quantitative estimate of drug-likeness (QED) is 0.853. The summed E-state index contributed by atoms with van der Waals surface area (Å²) < 4.78 is 34.1. The zero-order valence-corrected chi connectivity index (χ0v) is 14.3. The molecule has 0 spiro atoms. The molecule has 0 bridgehead atoms. The van der Waals surface area contributed by atoms with Crippen molar-refractivity contribution in [2.75, 3.05) is 26.3 Å². The number of halogens is 2. The van der Waals surface area contributed by atoms with Crippen molar-refractivity contribution in [3.05, 3.63) is 17.5 Å². The molecule has 6 heteroatoms. The van der Waals surface area contributed by atoms with Crippen LogP contribution < -0.4 is 0 Å². The first-order valence-electron chi connectivity index (χ1n) is 8.77. The van der Waals surface area contributed by atoms with E-state index < -0.39 is 5.92 Å². The van der Waals surface area contributed by atoms with Crippen LogP contribution >= 0.6 is 0 Å². The first-order valence-corrected chi connectivity index (χ1v) is 8.77. The summed E-state index contributed by atoms with van der Waals surface area (Å²) in [5, 5.41) is 4.51.